The van der Waals surface area contributed by atoms with Gasteiger partial charge in [-0.2, -0.15) is 0 Å². The summed E-state index contributed by atoms with van der Waals surface area (Å²) in [7, 11) is -1.67. The smallest absolute Gasteiger partial charge is 0.230 e. The van der Waals surface area contributed by atoms with Gasteiger partial charge in [0, 0.05) is 5.69 Å². The molecule has 4 nitrogen and oxygen atoms in total. The van der Waals surface area contributed by atoms with Crippen LogP contribution in [-0.2, 0) is 15.6 Å². The van der Waals surface area contributed by atoms with E-state index in [9.17, 15) is 13.4 Å². The van der Waals surface area contributed by atoms with Crippen LogP contribution in [-0.4, -0.2) is 15.9 Å². The molecule has 0 fully saturated rings. The highest BCUT2D eigenvalue weighted by atomic mass is 32.2. The molecule has 1 aromatic carbocycles. The van der Waals surface area contributed by atoms with Crippen LogP contribution in [0.25, 0.3) is 0 Å². The lowest BCUT2D eigenvalue weighted by Gasteiger charge is -2.03. The minimum Gasteiger partial charge on any atom is -0.398 e. The molecule has 76 valence electrons. The molecule has 14 heavy (non-hydrogen) atoms. The van der Waals surface area contributed by atoms with E-state index < -0.39 is 22.5 Å². The number of benzene rings is 1. The first-order chi connectivity index (χ1) is 6.50. The van der Waals surface area contributed by atoms with Crippen LogP contribution in [0.1, 0.15) is 0 Å². The summed E-state index contributed by atoms with van der Waals surface area (Å²) in [6.07, 6.45) is 0. The van der Waals surface area contributed by atoms with Crippen molar-refractivity contribution in [2.45, 2.75) is 4.90 Å². The average molecular weight is 216 g/mol. The molecule has 1 aromatic rings. The molecule has 1 amide bonds. The molecule has 4 N–H and O–H groups in total. The van der Waals surface area contributed by atoms with Crippen LogP contribution < -0.4 is 11.5 Å². The summed E-state index contributed by atoms with van der Waals surface area (Å²) in [5.74, 6) is -1.62. The topological polar surface area (TPSA) is 86.2 Å². The number of carbonyl (C=O) groups is 1. The highest BCUT2D eigenvalue weighted by Gasteiger charge is 2.11. The van der Waals surface area contributed by atoms with Gasteiger partial charge in [-0.1, -0.05) is 0 Å². The number of primary amides is 1. The van der Waals surface area contributed by atoms with Gasteiger partial charge in [0.1, 0.15) is 11.6 Å². The van der Waals surface area contributed by atoms with Crippen LogP contribution >= 0.6 is 0 Å². The highest BCUT2D eigenvalue weighted by molar-refractivity contribution is 7.86. The summed E-state index contributed by atoms with van der Waals surface area (Å²) >= 11 is 0. The number of amides is 1. The first-order valence-corrected chi connectivity index (χ1v) is 5.04. The number of rotatable bonds is 3. The molecule has 0 aromatic heterocycles. The number of hydrogen-bond donors (Lipinski definition) is 2. The van der Waals surface area contributed by atoms with Crippen molar-refractivity contribution in [3.63, 3.8) is 0 Å². The second kappa shape index (κ2) is 4.19. The van der Waals surface area contributed by atoms with Crippen molar-refractivity contribution >= 4 is 22.4 Å². The fourth-order valence-corrected chi connectivity index (χ4v) is 1.90. The molecule has 6 heteroatoms. The van der Waals surface area contributed by atoms with Crippen molar-refractivity contribution in [2.24, 2.45) is 5.73 Å². The van der Waals surface area contributed by atoms with Gasteiger partial charge < -0.3 is 11.5 Å². The Bertz CT molecular complexity index is 395. The molecule has 0 aliphatic carbocycles. The summed E-state index contributed by atoms with van der Waals surface area (Å²) in [5, 5.41) is 0. The van der Waals surface area contributed by atoms with Crippen LogP contribution in [0, 0.1) is 5.82 Å². The van der Waals surface area contributed by atoms with Crippen LogP contribution in [0.2, 0.25) is 0 Å². The standard InChI is InChI=1S/C8H9FN2O2S/c9-5-1-2-6(10)7(3-5)14(13)4-8(11)12/h1-3H,4,10H2,(H2,11,12). The lowest BCUT2D eigenvalue weighted by atomic mass is 10.3. The zero-order valence-electron chi connectivity index (χ0n) is 7.20. The average Bonchev–Trinajstić information content (AvgIpc) is 2.08. The lowest BCUT2D eigenvalue weighted by molar-refractivity contribution is -0.115. The Hall–Kier alpha value is -1.43. The van der Waals surface area contributed by atoms with E-state index in [1.165, 1.54) is 6.07 Å². The SMILES string of the molecule is NC(=O)CS(=O)c1cc(F)ccc1N. The van der Waals surface area contributed by atoms with Crippen molar-refractivity contribution in [1.29, 1.82) is 0 Å². The highest BCUT2D eigenvalue weighted by Crippen LogP contribution is 2.17. The Morgan fingerprint density at radius 1 is 1.50 bits per heavy atom. The molecule has 0 bridgehead atoms. The normalized spacial score (nSPS) is 12.4. The van der Waals surface area contributed by atoms with Crippen molar-refractivity contribution in [3.05, 3.63) is 24.0 Å². The summed E-state index contributed by atoms with van der Waals surface area (Å²) in [6.45, 7) is 0. The van der Waals surface area contributed by atoms with E-state index in [1.807, 2.05) is 0 Å². The molecule has 0 saturated carbocycles. The van der Waals surface area contributed by atoms with Gasteiger partial charge in [-0.05, 0) is 18.2 Å². The Balaban J connectivity index is 3.00. The van der Waals surface area contributed by atoms with E-state index in [-0.39, 0.29) is 16.3 Å². The number of nitrogen functional groups attached to an aromatic ring is 1. The molecule has 1 rings (SSSR count). The van der Waals surface area contributed by atoms with Gasteiger partial charge in [-0.25, -0.2) is 4.39 Å². The van der Waals surface area contributed by atoms with E-state index in [4.69, 9.17) is 11.5 Å². The van der Waals surface area contributed by atoms with Gasteiger partial charge in [0.2, 0.25) is 5.91 Å². The fraction of sp³-hybridized carbons (Fsp3) is 0.125. The molecule has 1 atom stereocenters. The lowest BCUT2D eigenvalue weighted by Crippen LogP contribution is -2.20. The van der Waals surface area contributed by atoms with Gasteiger partial charge in [0.25, 0.3) is 0 Å². The van der Waals surface area contributed by atoms with Crippen LogP contribution in [0.15, 0.2) is 23.1 Å². The molecular weight excluding hydrogens is 207 g/mol. The Labute approximate surface area is 82.5 Å². The van der Waals surface area contributed by atoms with Crippen LogP contribution in [0.5, 0.6) is 0 Å². The summed E-state index contributed by atoms with van der Waals surface area (Å²) in [4.78, 5) is 10.6. The first-order valence-electron chi connectivity index (χ1n) is 3.72. The molecule has 0 saturated heterocycles. The Morgan fingerprint density at radius 2 is 2.14 bits per heavy atom. The van der Waals surface area contributed by atoms with E-state index in [1.54, 1.807) is 0 Å². The molecule has 0 radical (unpaired) electrons. The van der Waals surface area contributed by atoms with Gasteiger partial charge in [0.15, 0.2) is 0 Å². The third-order valence-corrected chi connectivity index (χ3v) is 2.89. The predicted molar refractivity (Wildman–Crippen MR) is 51.3 cm³/mol. The quantitative estimate of drug-likeness (QED) is 0.697. The van der Waals surface area contributed by atoms with E-state index in [2.05, 4.69) is 0 Å². The second-order valence-electron chi connectivity index (χ2n) is 2.64. The van der Waals surface area contributed by atoms with Crippen molar-refractivity contribution < 1.29 is 13.4 Å². The Kier molecular flexibility index (Phi) is 3.19. The molecule has 0 aliphatic heterocycles. The maximum absolute atomic E-state index is 12.7. The minimum absolute atomic E-state index is 0.101. The number of anilines is 1. The van der Waals surface area contributed by atoms with Crippen molar-refractivity contribution in [2.75, 3.05) is 11.5 Å². The summed E-state index contributed by atoms with van der Waals surface area (Å²) in [6, 6.07) is 3.48. The van der Waals surface area contributed by atoms with Gasteiger partial charge in [0.05, 0.1) is 15.7 Å². The molecule has 0 aliphatic rings. The van der Waals surface area contributed by atoms with Gasteiger partial charge in [-0.3, -0.25) is 9.00 Å². The van der Waals surface area contributed by atoms with Crippen molar-refractivity contribution in [1.82, 2.24) is 0 Å². The largest absolute Gasteiger partial charge is 0.398 e. The maximum atomic E-state index is 12.7. The molecule has 0 spiro atoms. The van der Waals surface area contributed by atoms with E-state index >= 15 is 0 Å². The molecule has 1 unspecified atom stereocenters. The second-order valence-corrected chi connectivity index (χ2v) is 4.06. The minimum atomic E-state index is -1.67. The Morgan fingerprint density at radius 3 is 2.71 bits per heavy atom. The molecular formula is C8H9FN2O2S. The number of nitrogens with two attached hydrogens (primary N) is 2. The summed E-state index contributed by atoms with van der Waals surface area (Å²) < 4.78 is 24.1. The maximum Gasteiger partial charge on any atom is 0.230 e. The van der Waals surface area contributed by atoms with Crippen LogP contribution in [0.4, 0.5) is 10.1 Å². The third kappa shape index (κ3) is 2.53. The van der Waals surface area contributed by atoms with E-state index in [0.29, 0.717) is 0 Å². The number of halogens is 1. The number of hydrogen-bond acceptors (Lipinski definition) is 3. The van der Waals surface area contributed by atoms with Gasteiger partial charge in [-0.15, -0.1) is 0 Å². The van der Waals surface area contributed by atoms with Gasteiger partial charge >= 0.3 is 0 Å². The monoisotopic (exact) mass is 216 g/mol. The summed E-state index contributed by atoms with van der Waals surface area (Å²) in [5.41, 5.74) is 10.5. The predicted octanol–water partition coefficient (Wildman–Crippen LogP) is 0.000800. The van der Waals surface area contributed by atoms with E-state index in [0.717, 1.165) is 12.1 Å². The van der Waals surface area contributed by atoms with Crippen LogP contribution in [0.3, 0.4) is 0 Å². The first kappa shape index (κ1) is 10.6. The fourth-order valence-electron chi connectivity index (χ4n) is 0.912. The number of carbonyl (C=O) groups excluding carboxylic acids is 1. The zero-order chi connectivity index (χ0) is 10.7. The zero-order valence-corrected chi connectivity index (χ0v) is 8.01. The third-order valence-electron chi connectivity index (χ3n) is 1.49. The molecule has 0 heterocycles. The van der Waals surface area contributed by atoms with Crippen molar-refractivity contribution in [3.8, 4) is 0 Å².